The molecule has 0 saturated heterocycles. The van der Waals surface area contributed by atoms with E-state index in [0.717, 1.165) is 12.1 Å². The summed E-state index contributed by atoms with van der Waals surface area (Å²) in [6, 6.07) is 3.17. The molecule has 5 heteroatoms. The van der Waals surface area contributed by atoms with Gasteiger partial charge in [0.2, 0.25) is 0 Å². The van der Waals surface area contributed by atoms with Gasteiger partial charge in [-0.3, -0.25) is 4.79 Å². The van der Waals surface area contributed by atoms with Crippen LogP contribution in [-0.2, 0) is 0 Å². The van der Waals surface area contributed by atoms with Crippen molar-refractivity contribution in [1.82, 2.24) is 0 Å². The molecule has 1 heterocycles. The largest absolute Gasteiger partial charge is 0.472 e. The Kier molecular flexibility index (Phi) is 2.87. The molecule has 0 aliphatic heterocycles. The molecular weight excluding hydrogens is 282 g/mol. The summed E-state index contributed by atoms with van der Waals surface area (Å²) in [5.41, 5.74) is -0.136. The minimum Gasteiger partial charge on any atom is -0.472 e. The van der Waals surface area contributed by atoms with Gasteiger partial charge in [0, 0.05) is 0 Å². The molecule has 16 heavy (non-hydrogen) atoms. The molecule has 0 saturated carbocycles. The van der Waals surface area contributed by atoms with Gasteiger partial charge in [-0.15, -0.1) is 0 Å². The van der Waals surface area contributed by atoms with E-state index in [4.69, 9.17) is 4.42 Å². The molecule has 0 bridgehead atoms. The first kappa shape index (κ1) is 11.0. The van der Waals surface area contributed by atoms with E-state index in [1.54, 1.807) is 0 Å². The number of carbonyl (C=O) groups is 1. The van der Waals surface area contributed by atoms with Gasteiger partial charge in [-0.2, -0.15) is 0 Å². The van der Waals surface area contributed by atoms with Gasteiger partial charge in [-0.25, -0.2) is 8.78 Å². The number of halogens is 3. The summed E-state index contributed by atoms with van der Waals surface area (Å²) in [5, 5.41) is 0. The number of hydrogen-bond donors (Lipinski definition) is 0. The van der Waals surface area contributed by atoms with Gasteiger partial charge in [-0.1, -0.05) is 0 Å². The smallest absolute Gasteiger partial charge is 0.199 e. The number of carbonyl (C=O) groups excluding carboxylic acids is 1. The SMILES string of the molecule is O=C(c1ccoc1)c1cc(F)c(Br)cc1F. The normalized spacial score (nSPS) is 10.4. The van der Waals surface area contributed by atoms with Gasteiger partial charge in [0.25, 0.3) is 0 Å². The van der Waals surface area contributed by atoms with Crippen LogP contribution in [0.4, 0.5) is 8.78 Å². The van der Waals surface area contributed by atoms with E-state index in [2.05, 4.69) is 15.9 Å². The molecule has 1 aromatic carbocycles. The van der Waals surface area contributed by atoms with Crippen molar-refractivity contribution >= 4 is 21.7 Å². The first-order valence-electron chi connectivity index (χ1n) is 4.31. The molecule has 2 nitrogen and oxygen atoms in total. The molecule has 0 spiro atoms. The Morgan fingerprint density at radius 2 is 2.00 bits per heavy atom. The average molecular weight is 287 g/mol. The molecule has 0 unspecified atom stereocenters. The second kappa shape index (κ2) is 4.17. The summed E-state index contributed by atoms with van der Waals surface area (Å²) >= 11 is 2.83. The highest BCUT2D eigenvalue weighted by molar-refractivity contribution is 9.10. The second-order valence-corrected chi connectivity index (χ2v) is 3.94. The molecule has 1 aromatic heterocycles. The third-order valence-electron chi connectivity index (χ3n) is 2.04. The minimum absolute atomic E-state index is 0.0197. The van der Waals surface area contributed by atoms with Gasteiger partial charge < -0.3 is 4.42 Å². The molecule has 2 rings (SSSR count). The lowest BCUT2D eigenvalue weighted by Crippen LogP contribution is -2.04. The van der Waals surface area contributed by atoms with Gasteiger partial charge in [0.15, 0.2) is 5.78 Å². The number of benzene rings is 1. The Balaban J connectivity index is 2.49. The molecule has 0 aliphatic rings. The third-order valence-corrected chi connectivity index (χ3v) is 2.65. The highest BCUT2D eigenvalue weighted by Gasteiger charge is 2.17. The van der Waals surface area contributed by atoms with E-state index in [-0.39, 0.29) is 15.6 Å². The van der Waals surface area contributed by atoms with Crippen LogP contribution in [-0.4, -0.2) is 5.78 Å². The van der Waals surface area contributed by atoms with Crippen molar-refractivity contribution in [3.05, 3.63) is 58.0 Å². The van der Waals surface area contributed by atoms with Crippen molar-refractivity contribution in [2.45, 2.75) is 0 Å². The topological polar surface area (TPSA) is 30.2 Å². The standard InChI is InChI=1S/C11H5BrF2O2/c12-8-4-9(13)7(3-10(8)14)11(15)6-1-2-16-5-6/h1-5H. The number of furan rings is 1. The highest BCUT2D eigenvalue weighted by atomic mass is 79.9. The van der Waals surface area contributed by atoms with Crippen molar-refractivity contribution in [2.75, 3.05) is 0 Å². The monoisotopic (exact) mass is 286 g/mol. The first-order valence-corrected chi connectivity index (χ1v) is 5.10. The van der Waals surface area contributed by atoms with Crippen LogP contribution in [0.5, 0.6) is 0 Å². The van der Waals surface area contributed by atoms with E-state index < -0.39 is 17.4 Å². The third kappa shape index (κ3) is 1.90. The lowest BCUT2D eigenvalue weighted by molar-refractivity contribution is 0.103. The van der Waals surface area contributed by atoms with Gasteiger partial charge >= 0.3 is 0 Å². The molecule has 2 aromatic rings. The fourth-order valence-corrected chi connectivity index (χ4v) is 1.56. The highest BCUT2D eigenvalue weighted by Crippen LogP contribution is 2.22. The predicted octanol–water partition coefficient (Wildman–Crippen LogP) is 3.55. The molecule has 0 N–H and O–H groups in total. The van der Waals surface area contributed by atoms with Crippen LogP contribution in [0.25, 0.3) is 0 Å². The number of ketones is 1. The van der Waals surface area contributed by atoms with Gasteiger partial charge in [-0.05, 0) is 34.1 Å². The Morgan fingerprint density at radius 1 is 1.25 bits per heavy atom. The van der Waals surface area contributed by atoms with Gasteiger partial charge in [0.1, 0.15) is 17.9 Å². The summed E-state index contributed by atoms with van der Waals surface area (Å²) in [5.74, 6) is -2.08. The molecular formula is C11H5BrF2O2. The molecule has 0 amide bonds. The summed E-state index contributed by atoms with van der Waals surface area (Å²) < 4.78 is 31.3. The zero-order valence-electron chi connectivity index (χ0n) is 7.84. The molecule has 0 aliphatic carbocycles. The Labute approximate surface area is 98.0 Å². The van der Waals surface area contributed by atoms with E-state index in [1.165, 1.54) is 18.6 Å². The summed E-state index contributed by atoms with van der Waals surface area (Å²) in [6.45, 7) is 0. The predicted molar refractivity (Wildman–Crippen MR) is 56.2 cm³/mol. The van der Waals surface area contributed by atoms with Crippen molar-refractivity contribution in [3.63, 3.8) is 0 Å². The van der Waals surface area contributed by atoms with Gasteiger partial charge in [0.05, 0.1) is 21.9 Å². The Bertz CT molecular complexity index is 535. The van der Waals surface area contributed by atoms with Crippen LogP contribution in [0.2, 0.25) is 0 Å². The van der Waals surface area contributed by atoms with E-state index in [1.807, 2.05) is 0 Å². The maximum Gasteiger partial charge on any atom is 0.199 e. The minimum atomic E-state index is -0.778. The van der Waals surface area contributed by atoms with Crippen molar-refractivity contribution in [1.29, 1.82) is 0 Å². The van der Waals surface area contributed by atoms with Crippen LogP contribution in [0.3, 0.4) is 0 Å². The molecule has 0 radical (unpaired) electrons. The molecule has 0 fully saturated rings. The zero-order valence-corrected chi connectivity index (χ0v) is 9.42. The number of rotatable bonds is 2. The van der Waals surface area contributed by atoms with E-state index in [0.29, 0.717) is 0 Å². The average Bonchev–Trinajstić information content (AvgIpc) is 2.75. The summed E-state index contributed by atoms with van der Waals surface area (Å²) in [4.78, 5) is 11.7. The lowest BCUT2D eigenvalue weighted by atomic mass is 10.1. The lowest BCUT2D eigenvalue weighted by Gasteiger charge is -2.02. The molecule has 82 valence electrons. The van der Waals surface area contributed by atoms with Crippen LogP contribution in [0, 0.1) is 11.6 Å². The van der Waals surface area contributed by atoms with Crippen molar-refractivity contribution in [3.8, 4) is 0 Å². The van der Waals surface area contributed by atoms with Crippen molar-refractivity contribution in [2.24, 2.45) is 0 Å². The second-order valence-electron chi connectivity index (χ2n) is 3.09. The van der Waals surface area contributed by atoms with Crippen molar-refractivity contribution < 1.29 is 18.0 Å². The first-order chi connectivity index (χ1) is 7.59. The quantitative estimate of drug-likeness (QED) is 0.624. The van der Waals surface area contributed by atoms with Crippen LogP contribution in [0.15, 0.2) is 39.6 Å². The van der Waals surface area contributed by atoms with E-state index in [9.17, 15) is 13.6 Å². The number of hydrogen-bond acceptors (Lipinski definition) is 2. The van der Waals surface area contributed by atoms with E-state index >= 15 is 0 Å². The fourth-order valence-electron chi connectivity index (χ4n) is 1.25. The van der Waals surface area contributed by atoms with Crippen LogP contribution in [0.1, 0.15) is 15.9 Å². The van der Waals surface area contributed by atoms with Crippen LogP contribution < -0.4 is 0 Å². The maximum absolute atomic E-state index is 13.4. The summed E-state index contributed by atoms with van der Waals surface area (Å²) in [7, 11) is 0. The Hall–Kier alpha value is -1.49. The maximum atomic E-state index is 13.4. The fraction of sp³-hybridized carbons (Fsp3) is 0. The summed E-state index contributed by atoms with van der Waals surface area (Å²) in [6.07, 6.45) is 2.47. The zero-order chi connectivity index (χ0) is 11.7. The molecule has 0 atom stereocenters. The Morgan fingerprint density at radius 3 is 2.62 bits per heavy atom. The van der Waals surface area contributed by atoms with Crippen LogP contribution >= 0.6 is 15.9 Å².